The summed E-state index contributed by atoms with van der Waals surface area (Å²) in [6.45, 7) is 0.636. The van der Waals surface area contributed by atoms with E-state index in [9.17, 15) is 9.90 Å². The van der Waals surface area contributed by atoms with Crippen molar-refractivity contribution in [3.63, 3.8) is 0 Å². The highest BCUT2D eigenvalue weighted by Crippen LogP contribution is 2.17. The quantitative estimate of drug-likeness (QED) is 0.573. The molecule has 1 aromatic carbocycles. The van der Waals surface area contributed by atoms with Gasteiger partial charge in [0.25, 0.3) is 0 Å². The van der Waals surface area contributed by atoms with Gasteiger partial charge < -0.3 is 20.9 Å². The van der Waals surface area contributed by atoms with Crippen LogP contribution in [0.3, 0.4) is 0 Å². The van der Waals surface area contributed by atoms with Crippen molar-refractivity contribution in [3.8, 4) is 5.75 Å². The molecule has 7 heteroatoms. The molecule has 0 aliphatic carbocycles. The van der Waals surface area contributed by atoms with E-state index in [1.165, 1.54) is 0 Å². The highest BCUT2D eigenvalue weighted by atomic mass is 32.1. The second-order valence-corrected chi connectivity index (χ2v) is 5.13. The summed E-state index contributed by atoms with van der Waals surface area (Å²) < 4.78 is 5.55. The SMILES string of the molecule is CNC(=O)CN(C)CC(O)COc1ccccc1C(N)=S. The zero-order valence-corrected chi connectivity index (χ0v) is 13.0. The normalized spacial score (nSPS) is 12.0. The fraction of sp³-hybridized carbons (Fsp3) is 0.429. The van der Waals surface area contributed by atoms with E-state index >= 15 is 0 Å². The van der Waals surface area contributed by atoms with Gasteiger partial charge in [-0.2, -0.15) is 0 Å². The van der Waals surface area contributed by atoms with Crippen molar-refractivity contribution in [2.75, 3.05) is 33.8 Å². The van der Waals surface area contributed by atoms with E-state index < -0.39 is 6.10 Å². The zero-order valence-electron chi connectivity index (χ0n) is 12.2. The van der Waals surface area contributed by atoms with Crippen LogP contribution in [0.4, 0.5) is 0 Å². The molecule has 1 atom stereocenters. The third-order valence-electron chi connectivity index (χ3n) is 2.80. The third-order valence-corrected chi connectivity index (χ3v) is 3.02. The van der Waals surface area contributed by atoms with Gasteiger partial charge in [-0.25, -0.2) is 0 Å². The molecule has 4 N–H and O–H groups in total. The lowest BCUT2D eigenvalue weighted by molar-refractivity contribution is -0.121. The standard InChI is InChI=1S/C14H21N3O3S/c1-16-13(19)8-17(2)7-10(18)9-20-12-6-4-3-5-11(12)14(15)21/h3-6,10,18H,7-9H2,1-2H3,(H2,15,21)(H,16,19). The minimum atomic E-state index is -0.723. The number of amides is 1. The van der Waals surface area contributed by atoms with Gasteiger partial charge in [0.05, 0.1) is 12.1 Å². The summed E-state index contributed by atoms with van der Waals surface area (Å²) in [7, 11) is 3.32. The molecule has 0 radical (unpaired) electrons. The summed E-state index contributed by atoms with van der Waals surface area (Å²) in [5, 5.41) is 12.5. The van der Waals surface area contributed by atoms with Gasteiger partial charge in [-0.3, -0.25) is 9.69 Å². The second-order valence-electron chi connectivity index (χ2n) is 4.70. The summed E-state index contributed by atoms with van der Waals surface area (Å²) in [6, 6.07) is 7.13. The fourth-order valence-corrected chi connectivity index (χ4v) is 1.95. The molecule has 0 fully saturated rings. The Morgan fingerprint density at radius 2 is 2.19 bits per heavy atom. The number of hydrogen-bond acceptors (Lipinski definition) is 5. The number of aliphatic hydroxyl groups excluding tert-OH is 1. The highest BCUT2D eigenvalue weighted by Gasteiger charge is 2.13. The van der Waals surface area contributed by atoms with E-state index in [2.05, 4.69) is 5.32 Å². The Hall–Kier alpha value is -1.70. The molecule has 1 unspecified atom stereocenters. The Balaban J connectivity index is 2.48. The van der Waals surface area contributed by atoms with E-state index in [0.29, 0.717) is 17.9 Å². The maximum Gasteiger partial charge on any atom is 0.233 e. The van der Waals surface area contributed by atoms with E-state index in [1.54, 1.807) is 37.2 Å². The van der Waals surface area contributed by atoms with Gasteiger partial charge in [0.2, 0.25) is 5.91 Å². The Bertz CT molecular complexity index is 496. The Kier molecular flexibility index (Phi) is 7.07. The number of aliphatic hydroxyl groups is 1. The summed E-state index contributed by atoms with van der Waals surface area (Å²) in [4.78, 5) is 13.2. The van der Waals surface area contributed by atoms with Gasteiger partial charge in [-0.15, -0.1) is 0 Å². The van der Waals surface area contributed by atoms with Crippen LogP contribution in [0.15, 0.2) is 24.3 Å². The number of ether oxygens (including phenoxy) is 1. The smallest absolute Gasteiger partial charge is 0.233 e. The van der Waals surface area contributed by atoms with Crippen LogP contribution < -0.4 is 15.8 Å². The first kappa shape index (κ1) is 17.4. The number of rotatable bonds is 8. The first-order valence-corrected chi connectivity index (χ1v) is 6.93. The van der Waals surface area contributed by atoms with Crippen LogP contribution in [0, 0.1) is 0 Å². The van der Waals surface area contributed by atoms with Crippen molar-refractivity contribution in [2.24, 2.45) is 5.73 Å². The largest absolute Gasteiger partial charge is 0.490 e. The van der Waals surface area contributed by atoms with Crippen molar-refractivity contribution in [1.82, 2.24) is 10.2 Å². The fourth-order valence-electron chi connectivity index (χ4n) is 1.78. The summed E-state index contributed by atoms with van der Waals surface area (Å²) in [6.07, 6.45) is -0.723. The average Bonchev–Trinajstić information content (AvgIpc) is 2.44. The number of carbonyl (C=O) groups excluding carboxylic acids is 1. The van der Waals surface area contributed by atoms with Crippen LogP contribution in [0.2, 0.25) is 0 Å². The number of benzene rings is 1. The molecule has 0 heterocycles. The summed E-state index contributed by atoms with van der Waals surface area (Å²) >= 11 is 4.94. The number of nitrogens with two attached hydrogens (primary N) is 1. The van der Waals surface area contributed by atoms with Gasteiger partial charge in [0.15, 0.2) is 0 Å². The number of hydrogen-bond donors (Lipinski definition) is 3. The van der Waals surface area contributed by atoms with E-state index in [0.717, 1.165) is 0 Å². The van der Waals surface area contributed by atoms with Gasteiger partial charge in [0.1, 0.15) is 23.4 Å². The number of nitrogens with one attached hydrogen (secondary N) is 1. The number of likely N-dealkylation sites (N-methyl/N-ethyl adjacent to an activating group) is 2. The lowest BCUT2D eigenvalue weighted by Gasteiger charge is -2.20. The Labute approximate surface area is 129 Å². The Morgan fingerprint density at radius 1 is 1.52 bits per heavy atom. The molecule has 0 saturated heterocycles. The van der Waals surface area contributed by atoms with E-state index in [4.69, 9.17) is 22.7 Å². The molecule has 1 amide bonds. The molecule has 0 bridgehead atoms. The van der Waals surface area contributed by atoms with Crippen LogP contribution in [-0.2, 0) is 4.79 Å². The molecule has 1 aromatic rings. The molecule has 0 aromatic heterocycles. The molecule has 1 rings (SSSR count). The number of nitrogens with zero attached hydrogens (tertiary/aromatic N) is 1. The van der Waals surface area contributed by atoms with Crippen LogP contribution in [-0.4, -0.2) is 60.8 Å². The number of para-hydroxylation sites is 1. The molecular formula is C14H21N3O3S. The minimum Gasteiger partial charge on any atom is -0.490 e. The molecule has 0 saturated carbocycles. The van der Waals surface area contributed by atoms with Crippen LogP contribution in [0.1, 0.15) is 5.56 Å². The Morgan fingerprint density at radius 3 is 2.81 bits per heavy atom. The molecule has 0 spiro atoms. The van der Waals surface area contributed by atoms with Crippen molar-refractivity contribution >= 4 is 23.1 Å². The average molecular weight is 311 g/mol. The molecular weight excluding hydrogens is 290 g/mol. The molecule has 0 aliphatic rings. The van der Waals surface area contributed by atoms with Crippen LogP contribution >= 0.6 is 12.2 Å². The maximum absolute atomic E-state index is 11.2. The van der Waals surface area contributed by atoms with Gasteiger partial charge in [-0.05, 0) is 19.2 Å². The third kappa shape index (κ3) is 6.07. The lowest BCUT2D eigenvalue weighted by Crippen LogP contribution is -2.39. The zero-order chi connectivity index (χ0) is 15.8. The maximum atomic E-state index is 11.2. The van der Waals surface area contributed by atoms with Gasteiger partial charge >= 0.3 is 0 Å². The van der Waals surface area contributed by atoms with Gasteiger partial charge in [-0.1, -0.05) is 24.4 Å². The predicted octanol–water partition coefficient (Wildman–Crippen LogP) is -0.262. The molecule has 6 nitrogen and oxygen atoms in total. The molecule has 21 heavy (non-hydrogen) atoms. The summed E-state index contributed by atoms with van der Waals surface area (Å²) in [5.74, 6) is 0.433. The topological polar surface area (TPSA) is 87.8 Å². The summed E-state index contributed by atoms with van der Waals surface area (Å²) in [5.41, 5.74) is 6.25. The highest BCUT2D eigenvalue weighted by molar-refractivity contribution is 7.80. The number of thiocarbonyl (C=S) groups is 1. The van der Waals surface area contributed by atoms with E-state index in [-0.39, 0.29) is 24.0 Å². The second kappa shape index (κ2) is 8.56. The van der Waals surface area contributed by atoms with Crippen LogP contribution in [0.5, 0.6) is 5.75 Å². The van der Waals surface area contributed by atoms with E-state index in [1.807, 2.05) is 6.07 Å². The minimum absolute atomic E-state index is 0.0950. The van der Waals surface area contributed by atoms with Gasteiger partial charge in [0, 0.05) is 13.6 Å². The first-order valence-electron chi connectivity index (χ1n) is 6.52. The number of carbonyl (C=O) groups is 1. The van der Waals surface area contributed by atoms with Crippen LogP contribution in [0.25, 0.3) is 0 Å². The predicted molar refractivity (Wildman–Crippen MR) is 85.4 cm³/mol. The lowest BCUT2D eigenvalue weighted by atomic mass is 10.2. The first-order chi connectivity index (χ1) is 9.93. The van der Waals surface area contributed by atoms with Crippen molar-refractivity contribution in [1.29, 1.82) is 0 Å². The molecule has 116 valence electrons. The van der Waals surface area contributed by atoms with Crippen molar-refractivity contribution < 1.29 is 14.6 Å². The van der Waals surface area contributed by atoms with Crippen molar-refractivity contribution in [2.45, 2.75) is 6.10 Å². The monoisotopic (exact) mass is 311 g/mol. The van der Waals surface area contributed by atoms with Crippen molar-refractivity contribution in [3.05, 3.63) is 29.8 Å². The molecule has 0 aliphatic heterocycles.